The lowest BCUT2D eigenvalue weighted by atomic mass is 10.1. The summed E-state index contributed by atoms with van der Waals surface area (Å²) < 4.78 is 41.2. The van der Waals surface area contributed by atoms with Crippen LogP contribution in [0.15, 0.2) is 47.4 Å². The Bertz CT molecular complexity index is 1000. The van der Waals surface area contributed by atoms with E-state index in [-0.39, 0.29) is 17.2 Å². The molecule has 28 heavy (non-hydrogen) atoms. The molecular weight excluding hydrogens is 379 g/mol. The van der Waals surface area contributed by atoms with Crippen molar-refractivity contribution >= 4 is 21.6 Å². The first-order valence-electron chi connectivity index (χ1n) is 9.64. The molecule has 2 aromatic rings. The Balaban J connectivity index is 1.55. The lowest BCUT2D eigenvalue weighted by molar-refractivity contribution is -0.117. The van der Waals surface area contributed by atoms with Crippen LogP contribution in [0.25, 0.3) is 0 Å². The second-order valence-corrected chi connectivity index (χ2v) is 9.26. The minimum Gasteiger partial charge on any atom is -0.312 e. The van der Waals surface area contributed by atoms with E-state index in [0.717, 1.165) is 30.5 Å². The van der Waals surface area contributed by atoms with E-state index >= 15 is 0 Å². The fourth-order valence-corrected chi connectivity index (χ4v) is 5.52. The molecule has 0 atom stereocenters. The Morgan fingerprint density at radius 3 is 2.50 bits per heavy atom. The van der Waals surface area contributed by atoms with Gasteiger partial charge < -0.3 is 4.90 Å². The SMILES string of the molecule is O=C(Cc1ccccc1F)N1CCc2cc(S(=O)(=O)N3CCCCC3)ccc21. The van der Waals surface area contributed by atoms with Crippen LogP contribution in [0.1, 0.15) is 30.4 Å². The van der Waals surface area contributed by atoms with E-state index < -0.39 is 15.8 Å². The number of sulfonamides is 1. The van der Waals surface area contributed by atoms with Gasteiger partial charge >= 0.3 is 0 Å². The zero-order valence-electron chi connectivity index (χ0n) is 15.6. The summed E-state index contributed by atoms with van der Waals surface area (Å²) in [6.07, 6.45) is 3.43. The molecule has 0 bridgehead atoms. The Morgan fingerprint density at radius 2 is 1.75 bits per heavy atom. The van der Waals surface area contributed by atoms with Crippen LogP contribution >= 0.6 is 0 Å². The molecule has 2 heterocycles. The molecular formula is C21H23FN2O3S. The predicted octanol–water partition coefficient (Wildman–Crippen LogP) is 3.13. The fourth-order valence-electron chi connectivity index (χ4n) is 3.95. The number of hydrogen-bond acceptors (Lipinski definition) is 3. The Morgan fingerprint density at radius 1 is 1.00 bits per heavy atom. The van der Waals surface area contributed by atoms with Gasteiger partial charge in [-0.25, -0.2) is 12.8 Å². The van der Waals surface area contributed by atoms with E-state index in [1.54, 1.807) is 45.6 Å². The second-order valence-electron chi connectivity index (χ2n) is 7.32. The van der Waals surface area contributed by atoms with Crippen molar-refractivity contribution in [2.45, 2.75) is 37.0 Å². The van der Waals surface area contributed by atoms with E-state index in [1.165, 1.54) is 6.07 Å². The lowest BCUT2D eigenvalue weighted by Crippen LogP contribution is -2.35. The van der Waals surface area contributed by atoms with Gasteiger partial charge in [0.05, 0.1) is 11.3 Å². The van der Waals surface area contributed by atoms with Crippen LogP contribution < -0.4 is 4.90 Å². The topological polar surface area (TPSA) is 57.7 Å². The molecule has 148 valence electrons. The number of amides is 1. The molecule has 2 aliphatic rings. The van der Waals surface area contributed by atoms with Gasteiger partial charge in [0.15, 0.2) is 0 Å². The number of carbonyl (C=O) groups is 1. The van der Waals surface area contributed by atoms with E-state index in [4.69, 9.17) is 0 Å². The number of carbonyl (C=O) groups excluding carboxylic acids is 1. The summed E-state index contributed by atoms with van der Waals surface area (Å²) in [6, 6.07) is 11.2. The highest BCUT2D eigenvalue weighted by molar-refractivity contribution is 7.89. The van der Waals surface area contributed by atoms with Crippen molar-refractivity contribution in [3.8, 4) is 0 Å². The normalized spacial score (nSPS) is 17.5. The van der Waals surface area contributed by atoms with Crippen molar-refractivity contribution in [2.75, 3.05) is 24.5 Å². The van der Waals surface area contributed by atoms with Crippen LogP contribution in [0.4, 0.5) is 10.1 Å². The molecule has 0 aliphatic carbocycles. The van der Waals surface area contributed by atoms with Gasteiger partial charge in [0.1, 0.15) is 5.82 Å². The zero-order chi connectivity index (χ0) is 19.7. The molecule has 2 aromatic carbocycles. The Kier molecular flexibility index (Phi) is 5.21. The smallest absolute Gasteiger partial charge is 0.243 e. The summed E-state index contributed by atoms with van der Waals surface area (Å²) in [5.41, 5.74) is 1.93. The average molecular weight is 402 g/mol. The number of fused-ring (bicyclic) bond motifs is 1. The zero-order valence-corrected chi connectivity index (χ0v) is 16.4. The maximum absolute atomic E-state index is 13.9. The molecule has 0 spiro atoms. The third kappa shape index (κ3) is 3.56. The van der Waals surface area contributed by atoms with Gasteiger partial charge in [-0.2, -0.15) is 4.31 Å². The Labute approximate surface area is 164 Å². The van der Waals surface area contributed by atoms with Crippen molar-refractivity contribution in [3.05, 3.63) is 59.4 Å². The number of benzene rings is 2. The number of anilines is 1. The van der Waals surface area contributed by atoms with Gasteiger partial charge in [-0.15, -0.1) is 0 Å². The van der Waals surface area contributed by atoms with Crippen molar-refractivity contribution in [3.63, 3.8) is 0 Å². The van der Waals surface area contributed by atoms with E-state index in [1.807, 2.05) is 0 Å². The van der Waals surface area contributed by atoms with E-state index in [0.29, 0.717) is 31.6 Å². The maximum atomic E-state index is 13.9. The van der Waals surface area contributed by atoms with Crippen molar-refractivity contribution in [1.82, 2.24) is 4.31 Å². The largest absolute Gasteiger partial charge is 0.312 e. The molecule has 1 saturated heterocycles. The number of hydrogen-bond donors (Lipinski definition) is 0. The van der Waals surface area contributed by atoms with Crippen LogP contribution in [0.3, 0.4) is 0 Å². The standard InChI is InChI=1S/C21H23FN2O3S/c22-19-7-3-2-6-16(19)15-21(25)24-13-10-17-14-18(8-9-20(17)24)28(26,27)23-11-4-1-5-12-23/h2-3,6-9,14H,1,4-5,10-13,15H2. The summed E-state index contributed by atoms with van der Waals surface area (Å²) in [4.78, 5) is 14.6. The number of halogens is 1. The fraction of sp³-hybridized carbons (Fsp3) is 0.381. The molecule has 1 amide bonds. The van der Waals surface area contributed by atoms with Gasteiger partial charge in [0.25, 0.3) is 0 Å². The summed E-state index contributed by atoms with van der Waals surface area (Å²) >= 11 is 0. The molecule has 2 aliphatic heterocycles. The average Bonchev–Trinajstić information content (AvgIpc) is 3.14. The van der Waals surface area contributed by atoms with Gasteiger partial charge in [-0.1, -0.05) is 24.6 Å². The molecule has 0 aromatic heterocycles. The first-order chi connectivity index (χ1) is 13.5. The summed E-state index contributed by atoms with van der Waals surface area (Å²) in [7, 11) is -3.50. The summed E-state index contributed by atoms with van der Waals surface area (Å²) in [6.45, 7) is 1.61. The van der Waals surface area contributed by atoms with Crippen LogP contribution in [-0.2, 0) is 27.7 Å². The van der Waals surface area contributed by atoms with Crippen molar-refractivity contribution < 1.29 is 17.6 Å². The molecule has 0 saturated carbocycles. The highest BCUT2D eigenvalue weighted by Gasteiger charge is 2.30. The van der Waals surface area contributed by atoms with Gasteiger partial charge in [0, 0.05) is 25.3 Å². The third-order valence-electron chi connectivity index (χ3n) is 5.50. The molecule has 1 fully saturated rings. The quantitative estimate of drug-likeness (QED) is 0.790. The van der Waals surface area contributed by atoms with Crippen LogP contribution in [0, 0.1) is 5.82 Å². The predicted molar refractivity (Wildman–Crippen MR) is 105 cm³/mol. The van der Waals surface area contributed by atoms with Crippen LogP contribution in [0.5, 0.6) is 0 Å². The van der Waals surface area contributed by atoms with Crippen molar-refractivity contribution in [1.29, 1.82) is 0 Å². The van der Waals surface area contributed by atoms with Gasteiger partial charge in [-0.05, 0) is 54.7 Å². The van der Waals surface area contributed by atoms with E-state index in [9.17, 15) is 17.6 Å². The monoisotopic (exact) mass is 402 g/mol. The molecule has 4 rings (SSSR count). The van der Waals surface area contributed by atoms with Gasteiger partial charge in [-0.3, -0.25) is 4.79 Å². The van der Waals surface area contributed by atoms with Gasteiger partial charge in [0.2, 0.25) is 15.9 Å². The molecule has 0 unspecified atom stereocenters. The lowest BCUT2D eigenvalue weighted by Gasteiger charge is -2.26. The molecule has 7 heteroatoms. The minimum atomic E-state index is -3.50. The first kappa shape index (κ1) is 19.1. The minimum absolute atomic E-state index is 0.0139. The number of rotatable bonds is 4. The second kappa shape index (κ2) is 7.64. The summed E-state index contributed by atoms with van der Waals surface area (Å²) in [5, 5.41) is 0. The number of piperidine rings is 1. The molecule has 0 N–H and O–H groups in total. The highest BCUT2D eigenvalue weighted by atomic mass is 32.2. The summed E-state index contributed by atoms with van der Waals surface area (Å²) in [5.74, 6) is -0.575. The van der Waals surface area contributed by atoms with Crippen LogP contribution in [-0.4, -0.2) is 38.3 Å². The maximum Gasteiger partial charge on any atom is 0.243 e. The van der Waals surface area contributed by atoms with Crippen LogP contribution in [0.2, 0.25) is 0 Å². The van der Waals surface area contributed by atoms with E-state index in [2.05, 4.69) is 0 Å². The highest BCUT2D eigenvalue weighted by Crippen LogP contribution is 2.32. The molecule has 5 nitrogen and oxygen atoms in total. The van der Waals surface area contributed by atoms with Crippen molar-refractivity contribution in [2.24, 2.45) is 0 Å². The number of nitrogens with zero attached hydrogens (tertiary/aromatic N) is 2. The Hall–Kier alpha value is -2.25. The first-order valence-corrected chi connectivity index (χ1v) is 11.1. The molecule has 0 radical (unpaired) electrons. The third-order valence-corrected chi connectivity index (χ3v) is 7.39.